The van der Waals surface area contributed by atoms with E-state index in [4.69, 9.17) is 0 Å². The molecule has 0 radical (unpaired) electrons. The highest BCUT2D eigenvalue weighted by Gasteiger charge is 2.37. The molecule has 3 aliphatic carbocycles. The van der Waals surface area contributed by atoms with Crippen LogP contribution in [0.4, 0.5) is 0 Å². The standard InChI is InChI=1S/C23H24N/c1-14-4-5-20-17(8-14)6-7-24(3)23(20)21-13-19-12-16-10-18(11-16)22(19)9-15(21)2/h4-9,13,16,18H,10-12H2,1-3H3/q+1. The van der Waals surface area contributed by atoms with Gasteiger partial charge in [-0.3, -0.25) is 0 Å². The maximum absolute atomic E-state index is 2.50. The second-order valence-corrected chi connectivity index (χ2v) is 7.97. The average Bonchev–Trinajstić information content (AvgIpc) is 2.53. The fraction of sp³-hybridized carbons (Fsp3) is 0.348. The lowest BCUT2D eigenvalue weighted by Crippen LogP contribution is -2.32. The van der Waals surface area contributed by atoms with Crippen molar-refractivity contribution in [3.63, 3.8) is 0 Å². The Morgan fingerprint density at radius 3 is 2.67 bits per heavy atom. The monoisotopic (exact) mass is 314 g/mol. The third kappa shape index (κ3) is 1.97. The number of nitrogens with zero attached hydrogens (tertiary/aromatic N) is 1. The fourth-order valence-electron chi connectivity index (χ4n) is 4.88. The quantitative estimate of drug-likeness (QED) is 0.557. The molecule has 3 aliphatic rings. The Morgan fingerprint density at radius 1 is 1.00 bits per heavy atom. The van der Waals surface area contributed by atoms with Gasteiger partial charge < -0.3 is 0 Å². The number of benzene rings is 2. The van der Waals surface area contributed by atoms with Crippen molar-refractivity contribution in [3.05, 3.63) is 64.8 Å². The third-order valence-corrected chi connectivity index (χ3v) is 6.22. The molecule has 1 heterocycles. The Kier molecular flexibility index (Phi) is 2.92. The van der Waals surface area contributed by atoms with Gasteiger partial charge in [0.25, 0.3) is 0 Å². The summed E-state index contributed by atoms with van der Waals surface area (Å²) < 4.78 is 2.29. The van der Waals surface area contributed by atoms with Crippen molar-refractivity contribution >= 4 is 10.8 Å². The van der Waals surface area contributed by atoms with Gasteiger partial charge in [0.05, 0.1) is 5.39 Å². The first-order chi connectivity index (χ1) is 11.6. The number of aromatic nitrogens is 1. The Labute approximate surface area is 144 Å². The van der Waals surface area contributed by atoms with Crippen LogP contribution in [0.25, 0.3) is 22.0 Å². The highest BCUT2D eigenvalue weighted by molar-refractivity contribution is 5.94. The van der Waals surface area contributed by atoms with Gasteiger partial charge >= 0.3 is 0 Å². The summed E-state index contributed by atoms with van der Waals surface area (Å²) in [6.45, 7) is 4.45. The maximum atomic E-state index is 2.50. The molecule has 1 nitrogen and oxygen atoms in total. The molecule has 1 saturated carbocycles. The van der Waals surface area contributed by atoms with Crippen molar-refractivity contribution in [2.75, 3.05) is 0 Å². The van der Waals surface area contributed by atoms with Crippen LogP contribution in [-0.4, -0.2) is 0 Å². The van der Waals surface area contributed by atoms with E-state index in [0.29, 0.717) is 0 Å². The molecule has 1 aromatic heterocycles. The molecule has 2 aromatic carbocycles. The fourth-order valence-corrected chi connectivity index (χ4v) is 4.88. The maximum Gasteiger partial charge on any atom is 0.220 e. The van der Waals surface area contributed by atoms with Crippen LogP contribution in [0.5, 0.6) is 0 Å². The number of aryl methyl sites for hydroxylation is 3. The minimum Gasteiger partial charge on any atom is -0.200 e. The predicted molar refractivity (Wildman–Crippen MR) is 99.2 cm³/mol. The van der Waals surface area contributed by atoms with Crippen LogP contribution in [0.15, 0.2) is 42.6 Å². The molecular weight excluding hydrogens is 290 g/mol. The van der Waals surface area contributed by atoms with Crippen LogP contribution in [0.2, 0.25) is 0 Å². The normalized spacial score (nSPS) is 21.5. The van der Waals surface area contributed by atoms with E-state index in [0.717, 1.165) is 11.8 Å². The smallest absolute Gasteiger partial charge is 0.200 e. The van der Waals surface area contributed by atoms with Crippen LogP contribution in [0.3, 0.4) is 0 Å². The molecule has 0 saturated heterocycles. The summed E-state index contributed by atoms with van der Waals surface area (Å²) in [5.41, 5.74) is 8.75. The van der Waals surface area contributed by atoms with Gasteiger partial charge in [-0.2, -0.15) is 0 Å². The molecule has 6 rings (SSSR count). The van der Waals surface area contributed by atoms with Crippen LogP contribution in [-0.2, 0) is 13.5 Å². The van der Waals surface area contributed by atoms with Crippen molar-refractivity contribution in [1.82, 2.24) is 0 Å². The van der Waals surface area contributed by atoms with Gasteiger partial charge in [0.2, 0.25) is 5.69 Å². The molecule has 1 fully saturated rings. The summed E-state index contributed by atoms with van der Waals surface area (Å²) in [7, 11) is 2.17. The highest BCUT2D eigenvalue weighted by atomic mass is 14.9. The minimum absolute atomic E-state index is 0.843. The molecule has 0 aliphatic heterocycles. The lowest BCUT2D eigenvalue weighted by atomic mass is 9.62. The van der Waals surface area contributed by atoms with Crippen LogP contribution < -0.4 is 4.57 Å². The summed E-state index contributed by atoms with van der Waals surface area (Å²) in [4.78, 5) is 0. The number of fused-ring (bicyclic) bond motifs is 1. The van der Waals surface area contributed by atoms with Gasteiger partial charge in [0, 0.05) is 11.6 Å². The SMILES string of the molecule is Cc1ccc2c(-c3cc4c(cc3C)C3CC(C4)C3)[n+](C)ccc2c1. The molecule has 2 bridgehead atoms. The van der Waals surface area contributed by atoms with E-state index in [1.54, 1.807) is 11.1 Å². The first kappa shape index (κ1) is 14.2. The van der Waals surface area contributed by atoms with E-state index in [-0.39, 0.29) is 0 Å². The summed E-state index contributed by atoms with van der Waals surface area (Å²) in [5, 5.41) is 2.69. The molecule has 0 amide bonds. The minimum atomic E-state index is 0.843. The Bertz CT molecular complexity index is 977. The van der Waals surface area contributed by atoms with Gasteiger partial charge in [-0.25, -0.2) is 4.57 Å². The molecule has 3 aromatic rings. The van der Waals surface area contributed by atoms with Crippen molar-refractivity contribution in [3.8, 4) is 11.3 Å². The first-order valence-electron chi connectivity index (χ1n) is 9.13. The summed E-state index contributed by atoms with van der Waals surface area (Å²) in [5.74, 6) is 1.79. The lowest BCUT2D eigenvalue weighted by Gasteiger charge is -2.43. The lowest BCUT2D eigenvalue weighted by molar-refractivity contribution is -0.659. The second-order valence-electron chi connectivity index (χ2n) is 7.97. The van der Waals surface area contributed by atoms with Gasteiger partial charge in [-0.15, -0.1) is 0 Å². The Balaban J connectivity index is 1.77. The Morgan fingerprint density at radius 2 is 1.83 bits per heavy atom. The van der Waals surface area contributed by atoms with E-state index in [1.807, 2.05) is 0 Å². The number of pyridine rings is 1. The van der Waals surface area contributed by atoms with Crippen molar-refractivity contribution in [2.24, 2.45) is 13.0 Å². The molecule has 0 spiro atoms. The van der Waals surface area contributed by atoms with Crippen molar-refractivity contribution in [1.29, 1.82) is 0 Å². The summed E-state index contributed by atoms with van der Waals surface area (Å²) in [6.07, 6.45) is 6.33. The average molecular weight is 314 g/mol. The first-order valence-corrected chi connectivity index (χ1v) is 9.13. The molecule has 1 heteroatoms. The summed E-state index contributed by atoms with van der Waals surface area (Å²) in [6, 6.07) is 14.0. The van der Waals surface area contributed by atoms with Crippen LogP contribution in [0.1, 0.15) is 41.0 Å². The van der Waals surface area contributed by atoms with Gasteiger partial charge in [0.1, 0.15) is 7.05 Å². The van der Waals surface area contributed by atoms with Gasteiger partial charge in [-0.05, 0) is 79.2 Å². The molecule has 24 heavy (non-hydrogen) atoms. The van der Waals surface area contributed by atoms with E-state index in [2.05, 4.69) is 68.1 Å². The molecular formula is C23H24N+. The van der Waals surface area contributed by atoms with Gasteiger partial charge in [-0.1, -0.05) is 23.8 Å². The number of hydrogen-bond donors (Lipinski definition) is 0. The van der Waals surface area contributed by atoms with E-state index >= 15 is 0 Å². The van der Waals surface area contributed by atoms with Crippen molar-refractivity contribution in [2.45, 2.75) is 39.0 Å². The zero-order valence-electron chi connectivity index (χ0n) is 14.8. The van der Waals surface area contributed by atoms with Crippen LogP contribution in [0, 0.1) is 19.8 Å². The molecule has 0 unspecified atom stereocenters. The predicted octanol–water partition coefficient (Wildman–Crippen LogP) is 5.00. The summed E-state index contributed by atoms with van der Waals surface area (Å²) >= 11 is 0. The van der Waals surface area contributed by atoms with E-state index in [1.165, 1.54) is 52.4 Å². The van der Waals surface area contributed by atoms with Crippen molar-refractivity contribution < 1.29 is 4.57 Å². The zero-order valence-corrected chi connectivity index (χ0v) is 14.8. The largest absolute Gasteiger partial charge is 0.220 e. The van der Waals surface area contributed by atoms with E-state index in [9.17, 15) is 0 Å². The molecule has 0 atom stereocenters. The zero-order chi connectivity index (χ0) is 16.4. The topological polar surface area (TPSA) is 3.88 Å². The third-order valence-electron chi connectivity index (χ3n) is 6.22. The van der Waals surface area contributed by atoms with E-state index < -0.39 is 0 Å². The number of hydrogen-bond acceptors (Lipinski definition) is 0. The highest BCUT2D eigenvalue weighted by Crippen LogP contribution is 2.50. The molecule has 0 N–H and O–H groups in total. The van der Waals surface area contributed by atoms with Gasteiger partial charge in [0.15, 0.2) is 6.20 Å². The number of rotatable bonds is 1. The van der Waals surface area contributed by atoms with Crippen LogP contribution >= 0.6 is 0 Å². The Hall–Kier alpha value is -2.15. The second kappa shape index (κ2) is 4.92. The molecule has 120 valence electrons.